The average molecular weight is 664 g/mol. The number of hydrogen-bond donors (Lipinski definition) is 0. The Bertz CT molecular complexity index is 2760. The van der Waals surface area contributed by atoms with E-state index in [1.54, 1.807) is 6.20 Å². The Morgan fingerprint density at radius 1 is 0.308 bits per heavy atom. The molecule has 0 bridgehead atoms. The van der Waals surface area contributed by atoms with Crippen molar-refractivity contribution in [3.05, 3.63) is 176 Å². The van der Waals surface area contributed by atoms with Gasteiger partial charge in [0.25, 0.3) is 0 Å². The Morgan fingerprint density at radius 2 is 0.769 bits per heavy atom. The molecular formula is C47H29N5. The van der Waals surface area contributed by atoms with Crippen LogP contribution in [0.25, 0.3) is 99.8 Å². The zero-order chi connectivity index (χ0) is 34.4. The summed E-state index contributed by atoms with van der Waals surface area (Å²) >= 11 is 0. The summed E-state index contributed by atoms with van der Waals surface area (Å²) in [5.74, 6) is 1.26. The number of rotatable bonds is 5. The molecule has 0 N–H and O–H groups in total. The molecule has 0 aliphatic carbocycles. The fourth-order valence-corrected chi connectivity index (χ4v) is 7.20. The van der Waals surface area contributed by atoms with Crippen molar-refractivity contribution in [3.63, 3.8) is 0 Å². The van der Waals surface area contributed by atoms with Crippen LogP contribution in [0.15, 0.2) is 176 Å². The smallest absolute Gasteiger partial charge is 0.160 e. The molecule has 3 heterocycles. The van der Waals surface area contributed by atoms with Crippen LogP contribution in [0.3, 0.4) is 0 Å². The highest BCUT2D eigenvalue weighted by atomic mass is 14.9. The van der Waals surface area contributed by atoms with Crippen LogP contribution in [0.4, 0.5) is 0 Å². The van der Waals surface area contributed by atoms with Crippen molar-refractivity contribution < 1.29 is 0 Å². The van der Waals surface area contributed by atoms with E-state index in [-0.39, 0.29) is 0 Å². The van der Waals surface area contributed by atoms with Gasteiger partial charge in [-0.15, -0.1) is 0 Å². The van der Waals surface area contributed by atoms with Crippen molar-refractivity contribution in [2.75, 3.05) is 0 Å². The first-order chi connectivity index (χ1) is 25.8. The Kier molecular flexibility index (Phi) is 7.07. The maximum Gasteiger partial charge on any atom is 0.160 e. The van der Waals surface area contributed by atoms with Gasteiger partial charge < -0.3 is 0 Å². The van der Waals surface area contributed by atoms with Gasteiger partial charge >= 0.3 is 0 Å². The first kappa shape index (κ1) is 29.8. The third-order valence-electron chi connectivity index (χ3n) is 9.72. The molecule has 0 saturated carbocycles. The summed E-state index contributed by atoms with van der Waals surface area (Å²) in [6.45, 7) is 0. The molecule has 242 valence electrons. The first-order valence-electron chi connectivity index (χ1n) is 17.3. The quantitative estimate of drug-likeness (QED) is 0.171. The van der Waals surface area contributed by atoms with Crippen molar-refractivity contribution in [1.82, 2.24) is 24.9 Å². The van der Waals surface area contributed by atoms with Gasteiger partial charge in [0.1, 0.15) is 0 Å². The van der Waals surface area contributed by atoms with Crippen LogP contribution in [-0.2, 0) is 0 Å². The lowest BCUT2D eigenvalue weighted by Gasteiger charge is -2.15. The van der Waals surface area contributed by atoms with E-state index in [4.69, 9.17) is 19.9 Å². The summed E-state index contributed by atoms with van der Waals surface area (Å²) in [7, 11) is 0. The van der Waals surface area contributed by atoms with Gasteiger partial charge in [0.15, 0.2) is 11.6 Å². The number of pyridine rings is 1. The van der Waals surface area contributed by atoms with Crippen molar-refractivity contribution >= 4 is 43.4 Å². The Hall–Kier alpha value is -7.11. The van der Waals surface area contributed by atoms with E-state index in [1.165, 1.54) is 0 Å². The fraction of sp³-hybridized carbons (Fsp3) is 0. The van der Waals surface area contributed by atoms with Crippen LogP contribution >= 0.6 is 0 Å². The van der Waals surface area contributed by atoms with Gasteiger partial charge in [0.2, 0.25) is 0 Å². The second-order valence-electron chi connectivity index (χ2n) is 12.9. The second-order valence-corrected chi connectivity index (χ2v) is 12.9. The normalized spacial score (nSPS) is 11.5. The average Bonchev–Trinajstić information content (AvgIpc) is 3.23. The van der Waals surface area contributed by atoms with Crippen LogP contribution in [0.1, 0.15) is 0 Å². The Balaban J connectivity index is 1.28. The van der Waals surface area contributed by atoms with Crippen LogP contribution < -0.4 is 0 Å². The SMILES string of the molecule is c1ccc(-c2nc(-c3cc(-c4cccnc4)cc(-c4nc(-c5ccccc5)c5ccc6ccccc6c5n4)c3)nc3c2ccc2ccccc23)cc1. The van der Waals surface area contributed by atoms with Crippen LogP contribution in [0, 0.1) is 0 Å². The van der Waals surface area contributed by atoms with Crippen molar-refractivity contribution in [2.24, 2.45) is 0 Å². The molecule has 0 saturated heterocycles. The minimum absolute atomic E-state index is 0.629. The van der Waals surface area contributed by atoms with Crippen molar-refractivity contribution in [1.29, 1.82) is 0 Å². The molecular weight excluding hydrogens is 635 g/mol. The van der Waals surface area contributed by atoms with Gasteiger partial charge in [0, 0.05) is 61.8 Å². The molecule has 10 rings (SSSR count). The van der Waals surface area contributed by atoms with Crippen LogP contribution in [0.5, 0.6) is 0 Å². The van der Waals surface area contributed by atoms with E-state index < -0.39 is 0 Å². The predicted molar refractivity (Wildman–Crippen MR) is 213 cm³/mol. The number of nitrogens with zero attached hydrogens (tertiary/aromatic N) is 5. The third kappa shape index (κ3) is 5.15. The molecule has 0 atom stereocenters. The minimum atomic E-state index is 0.629. The molecule has 7 aromatic carbocycles. The molecule has 0 aliphatic heterocycles. The molecule has 3 aromatic heterocycles. The zero-order valence-electron chi connectivity index (χ0n) is 28.0. The first-order valence-corrected chi connectivity index (χ1v) is 17.3. The summed E-state index contributed by atoms with van der Waals surface area (Å²) in [4.78, 5) is 25.7. The number of fused-ring (bicyclic) bond motifs is 6. The summed E-state index contributed by atoms with van der Waals surface area (Å²) < 4.78 is 0. The lowest BCUT2D eigenvalue weighted by molar-refractivity contribution is 1.22. The van der Waals surface area contributed by atoms with Gasteiger partial charge in [-0.2, -0.15) is 0 Å². The largest absolute Gasteiger partial charge is 0.264 e. The number of aromatic nitrogens is 5. The molecule has 0 radical (unpaired) electrons. The molecule has 52 heavy (non-hydrogen) atoms. The van der Waals surface area contributed by atoms with Gasteiger partial charge in [-0.05, 0) is 52.7 Å². The van der Waals surface area contributed by atoms with Crippen molar-refractivity contribution in [2.45, 2.75) is 0 Å². The molecule has 0 amide bonds. The molecule has 0 unspecified atom stereocenters. The topological polar surface area (TPSA) is 64.5 Å². The monoisotopic (exact) mass is 663 g/mol. The summed E-state index contributed by atoms with van der Waals surface area (Å²) in [5, 5.41) is 6.45. The molecule has 0 aliphatic rings. The third-order valence-corrected chi connectivity index (χ3v) is 9.72. The molecule has 5 heteroatoms. The van der Waals surface area contributed by atoms with Crippen LogP contribution in [0.2, 0.25) is 0 Å². The summed E-state index contributed by atoms with van der Waals surface area (Å²) in [6, 6.07) is 56.5. The number of benzene rings is 7. The van der Waals surface area contributed by atoms with Crippen molar-refractivity contribution in [3.8, 4) is 56.4 Å². The highest BCUT2D eigenvalue weighted by Gasteiger charge is 2.18. The van der Waals surface area contributed by atoms with E-state index in [0.29, 0.717) is 11.6 Å². The van der Waals surface area contributed by atoms with E-state index in [1.807, 2.05) is 24.4 Å². The summed E-state index contributed by atoms with van der Waals surface area (Å²) in [5.41, 5.74) is 9.36. The van der Waals surface area contributed by atoms with E-state index in [0.717, 1.165) is 88.1 Å². The second kappa shape index (κ2) is 12.3. The lowest BCUT2D eigenvalue weighted by Crippen LogP contribution is -1.99. The number of hydrogen-bond acceptors (Lipinski definition) is 5. The van der Waals surface area contributed by atoms with E-state index in [9.17, 15) is 0 Å². The molecule has 5 nitrogen and oxygen atoms in total. The minimum Gasteiger partial charge on any atom is -0.264 e. The van der Waals surface area contributed by atoms with Gasteiger partial charge in [-0.25, -0.2) is 19.9 Å². The predicted octanol–water partition coefficient (Wildman–Crippen LogP) is 11.6. The van der Waals surface area contributed by atoms with Gasteiger partial charge in [-0.1, -0.05) is 127 Å². The zero-order valence-corrected chi connectivity index (χ0v) is 28.0. The van der Waals surface area contributed by atoms with Gasteiger partial charge in [0.05, 0.1) is 22.4 Å². The van der Waals surface area contributed by atoms with Crippen LogP contribution in [-0.4, -0.2) is 24.9 Å². The van der Waals surface area contributed by atoms with E-state index >= 15 is 0 Å². The lowest BCUT2D eigenvalue weighted by atomic mass is 9.98. The molecule has 0 spiro atoms. The standard InChI is InChI=1S/C47H29N5/c1-3-14-32(15-4-1)42-40-23-21-30-12-7-9-19-38(30)44(40)51-46(49-42)36-26-35(34-18-11-25-48-29-34)27-37(28-36)47-50-43(33-16-5-2-6-17-33)41-24-22-31-13-8-10-20-39(31)45(41)52-47/h1-29H. The fourth-order valence-electron chi connectivity index (χ4n) is 7.20. The van der Waals surface area contributed by atoms with Gasteiger partial charge in [-0.3, -0.25) is 4.98 Å². The van der Waals surface area contributed by atoms with E-state index in [2.05, 4.69) is 151 Å². The highest BCUT2D eigenvalue weighted by molar-refractivity contribution is 6.11. The maximum absolute atomic E-state index is 5.32. The summed E-state index contributed by atoms with van der Waals surface area (Å²) in [6.07, 6.45) is 3.68. The molecule has 10 aromatic rings. The Labute approximate surface area is 300 Å². The highest BCUT2D eigenvalue weighted by Crippen LogP contribution is 2.38. The Morgan fingerprint density at radius 3 is 1.27 bits per heavy atom. The molecule has 0 fully saturated rings. The maximum atomic E-state index is 5.32.